The van der Waals surface area contributed by atoms with Crippen molar-refractivity contribution in [2.24, 2.45) is 5.92 Å². The quantitative estimate of drug-likeness (QED) is 0.290. The third kappa shape index (κ3) is 4.69. The van der Waals surface area contributed by atoms with Gasteiger partial charge in [0.25, 0.3) is 0 Å². The Morgan fingerprint density at radius 1 is 1.19 bits per heavy atom. The van der Waals surface area contributed by atoms with Gasteiger partial charge in [-0.1, -0.05) is 19.3 Å². The van der Waals surface area contributed by atoms with E-state index in [1.165, 1.54) is 42.4 Å². The highest BCUT2D eigenvalue weighted by Gasteiger charge is 2.37. The van der Waals surface area contributed by atoms with Crippen LogP contribution in [0, 0.1) is 5.92 Å². The van der Waals surface area contributed by atoms with E-state index in [1.807, 2.05) is 41.4 Å². The number of hydrogen-bond donors (Lipinski definition) is 2. The van der Waals surface area contributed by atoms with Crippen molar-refractivity contribution in [3.8, 4) is 23.0 Å². The molecule has 2 aliphatic rings. The Labute approximate surface area is 223 Å². The number of ether oxygens (including phenoxy) is 3. The van der Waals surface area contributed by atoms with Gasteiger partial charge in [-0.2, -0.15) is 0 Å². The monoisotopic (exact) mass is 542 g/mol. The van der Waals surface area contributed by atoms with Gasteiger partial charge in [0.05, 0.1) is 24.4 Å². The average molecular weight is 543 g/mol. The highest BCUT2D eigenvalue weighted by atomic mass is 32.2. The maximum absolute atomic E-state index is 11.3. The molecule has 37 heavy (non-hydrogen) atoms. The fourth-order valence-corrected chi connectivity index (χ4v) is 6.80. The van der Waals surface area contributed by atoms with Crippen LogP contribution >= 0.6 is 23.1 Å². The minimum absolute atomic E-state index is 0.158. The molecule has 4 aromatic rings. The number of aromatic nitrogens is 3. The third-order valence-electron chi connectivity index (χ3n) is 7.17. The number of thiazole rings is 1. The second kappa shape index (κ2) is 9.86. The van der Waals surface area contributed by atoms with Gasteiger partial charge in [-0.25, -0.2) is 14.6 Å². The molecule has 11 heteroatoms. The summed E-state index contributed by atoms with van der Waals surface area (Å²) in [7, 11) is 3.27. The molecule has 6 rings (SSSR count). The Morgan fingerprint density at radius 3 is 2.78 bits per heavy atom. The topological polar surface area (TPSA) is 104 Å². The molecule has 1 fully saturated rings. The number of fused-ring (bicyclic) bond motifs is 2. The van der Waals surface area contributed by atoms with Gasteiger partial charge in [-0.3, -0.25) is 5.43 Å². The summed E-state index contributed by atoms with van der Waals surface area (Å²) in [6.45, 7) is 2.18. The van der Waals surface area contributed by atoms with Crippen LogP contribution < -0.4 is 14.9 Å². The zero-order valence-corrected chi connectivity index (χ0v) is 22.7. The molecule has 0 spiro atoms. The average Bonchev–Trinajstić information content (AvgIpc) is 3.69. The molecule has 2 N–H and O–H groups in total. The smallest absolute Gasteiger partial charge is 0.196 e. The number of rotatable bonds is 8. The first-order valence-electron chi connectivity index (χ1n) is 12.4. The fourth-order valence-electron chi connectivity index (χ4n) is 5.04. The first kappa shape index (κ1) is 24.6. The van der Waals surface area contributed by atoms with E-state index in [0.717, 1.165) is 34.1 Å². The van der Waals surface area contributed by atoms with Crippen LogP contribution in [0.1, 0.15) is 49.7 Å². The van der Waals surface area contributed by atoms with Gasteiger partial charge in [0.15, 0.2) is 16.5 Å². The SMILES string of the molecule is COc1cc(OCc2csc(C(C)(O)C3CCCCC3)n2)c2cc(-c3cn4c(n3)SC(OC)N4)oc2c1. The summed E-state index contributed by atoms with van der Waals surface area (Å²) in [6, 6.07) is 5.62. The van der Waals surface area contributed by atoms with Crippen LogP contribution in [-0.4, -0.2) is 39.5 Å². The van der Waals surface area contributed by atoms with E-state index in [0.29, 0.717) is 28.5 Å². The second-order valence-corrected chi connectivity index (χ2v) is 11.5. The molecule has 2 atom stereocenters. The molecule has 3 aromatic heterocycles. The number of hydrogen-bond acceptors (Lipinski definition) is 10. The molecule has 0 radical (unpaired) electrons. The summed E-state index contributed by atoms with van der Waals surface area (Å²) >= 11 is 2.99. The Hall–Kier alpha value is -2.73. The summed E-state index contributed by atoms with van der Waals surface area (Å²) in [5.74, 6) is 2.15. The summed E-state index contributed by atoms with van der Waals surface area (Å²) < 4.78 is 25.0. The van der Waals surface area contributed by atoms with E-state index in [2.05, 4.69) is 10.4 Å². The summed E-state index contributed by atoms with van der Waals surface area (Å²) in [6.07, 6.45) is 7.57. The molecule has 9 nitrogen and oxygen atoms in total. The van der Waals surface area contributed by atoms with Crippen molar-refractivity contribution < 1.29 is 23.7 Å². The van der Waals surface area contributed by atoms with Gasteiger partial charge in [0.1, 0.15) is 40.0 Å². The predicted octanol–water partition coefficient (Wildman–Crippen LogP) is 5.71. The number of benzene rings is 1. The standard InChI is InChI=1S/C26H30N4O5S2/c1-26(31,15-7-5-4-6-8-15)23-27-16(14-36-23)13-34-20-9-17(32-2)10-21-18(20)11-22(35-21)19-12-30-24(28-19)37-25(29-30)33-3/h9-12,14-15,25,29,31H,4-8,13H2,1-3H3. The number of aliphatic hydroxyl groups is 1. The molecule has 196 valence electrons. The molecule has 1 aromatic carbocycles. The first-order valence-corrected chi connectivity index (χ1v) is 14.2. The lowest BCUT2D eigenvalue weighted by atomic mass is 9.78. The number of thioether (sulfide) groups is 1. The lowest BCUT2D eigenvalue weighted by Gasteiger charge is -2.33. The highest BCUT2D eigenvalue weighted by Crippen LogP contribution is 2.41. The highest BCUT2D eigenvalue weighted by molar-refractivity contribution is 7.99. The van der Waals surface area contributed by atoms with Crippen molar-refractivity contribution in [2.75, 3.05) is 19.6 Å². The van der Waals surface area contributed by atoms with E-state index in [9.17, 15) is 5.11 Å². The van der Waals surface area contributed by atoms with Crippen LogP contribution in [0.3, 0.4) is 0 Å². The van der Waals surface area contributed by atoms with Crippen LogP contribution in [-0.2, 0) is 16.9 Å². The Kier molecular flexibility index (Phi) is 6.56. The minimum atomic E-state index is -0.909. The summed E-state index contributed by atoms with van der Waals surface area (Å²) in [5.41, 5.74) is 4.27. The predicted molar refractivity (Wildman–Crippen MR) is 143 cm³/mol. The number of imidazole rings is 1. The number of nitrogens with zero attached hydrogens (tertiary/aromatic N) is 3. The van der Waals surface area contributed by atoms with Crippen molar-refractivity contribution in [1.29, 1.82) is 0 Å². The molecule has 1 saturated carbocycles. The van der Waals surface area contributed by atoms with Crippen LogP contribution in [0.4, 0.5) is 0 Å². The van der Waals surface area contributed by atoms with Crippen molar-refractivity contribution in [2.45, 2.75) is 62.0 Å². The van der Waals surface area contributed by atoms with Gasteiger partial charge in [-0.15, -0.1) is 11.3 Å². The van der Waals surface area contributed by atoms with Gasteiger partial charge in [-0.05, 0) is 43.5 Å². The largest absolute Gasteiger partial charge is 0.496 e. The Bertz CT molecular complexity index is 1380. The lowest BCUT2D eigenvalue weighted by molar-refractivity contribution is -0.0218. The zero-order valence-electron chi connectivity index (χ0n) is 21.0. The Balaban J connectivity index is 1.23. The summed E-state index contributed by atoms with van der Waals surface area (Å²) in [4.78, 5) is 9.42. The lowest BCUT2D eigenvalue weighted by Crippen LogP contribution is -2.33. The molecular formula is C26H30N4O5S2. The molecule has 0 amide bonds. The molecule has 0 saturated heterocycles. The van der Waals surface area contributed by atoms with Gasteiger partial charge < -0.3 is 23.7 Å². The van der Waals surface area contributed by atoms with Gasteiger partial charge >= 0.3 is 0 Å². The van der Waals surface area contributed by atoms with Crippen LogP contribution in [0.25, 0.3) is 22.4 Å². The number of furan rings is 1. The van der Waals surface area contributed by atoms with Gasteiger partial charge in [0, 0.05) is 24.6 Å². The Morgan fingerprint density at radius 2 is 2.03 bits per heavy atom. The van der Waals surface area contributed by atoms with Crippen molar-refractivity contribution in [1.82, 2.24) is 14.6 Å². The van der Waals surface area contributed by atoms with E-state index < -0.39 is 5.60 Å². The van der Waals surface area contributed by atoms with Crippen LogP contribution in [0.5, 0.6) is 11.5 Å². The molecular weight excluding hydrogens is 512 g/mol. The van der Waals surface area contributed by atoms with Crippen molar-refractivity contribution in [3.63, 3.8) is 0 Å². The molecule has 1 aliphatic carbocycles. The molecule has 4 heterocycles. The molecule has 2 unspecified atom stereocenters. The van der Waals surface area contributed by atoms with Crippen LogP contribution in [0.15, 0.2) is 39.3 Å². The van der Waals surface area contributed by atoms with Crippen molar-refractivity contribution >= 4 is 34.1 Å². The van der Waals surface area contributed by atoms with Crippen LogP contribution in [0.2, 0.25) is 0 Å². The van der Waals surface area contributed by atoms with E-state index in [-0.39, 0.29) is 18.1 Å². The maximum atomic E-state index is 11.3. The number of nitrogens with one attached hydrogen (secondary N) is 1. The van der Waals surface area contributed by atoms with Crippen molar-refractivity contribution in [3.05, 3.63) is 40.5 Å². The minimum Gasteiger partial charge on any atom is -0.496 e. The second-order valence-electron chi connectivity index (χ2n) is 9.66. The molecule has 0 bridgehead atoms. The van der Waals surface area contributed by atoms with Gasteiger partial charge in [0.2, 0.25) is 0 Å². The van der Waals surface area contributed by atoms with E-state index in [1.54, 1.807) is 14.2 Å². The normalized spacial score (nSPS) is 19.5. The number of methoxy groups -OCH3 is 2. The first-order chi connectivity index (χ1) is 17.9. The molecule has 1 aliphatic heterocycles. The van der Waals surface area contributed by atoms with E-state index in [4.69, 9.17) is 23.6 Å². The summed E-state index contributed by atoms with van der Waals surface area (Å²) in [5, 5.41) is 15.6. The third-order valence-corrected chi connectivity index (χ3v) is 9.29. The maximum Gasteiger partial charge on any atom is 0.196 e. The fraction of sp³-hybridized carbons (Fsp3) is 0.462. The zero-order chi connectivity index (χ0) is 25.6. The van der Waals surface area contributed by atoms with E-state index >= 15 is 0 Å².